The first-order chi connectivity index (χ1) is 14.3. The maximum Gasteiger partial charge on any atom is 0.411 e. The molecular weight excluding hydrogens is 368 g/mol. The van der Waals surface area contributed by atoms with Crippen LogP contribution in [0.5, 0.6) is 0 Å². The van der Waals surface area contributed by atoms with Gasteiger partial charge in [-0.1, -0.05) is 12.8 Å². The summed E-state index contributed by atoms with van der Waals surface area (Å²) >= 11 is 0. The van der Waals surface area contributed by atoms with Crippen LogP contribution in [0.1, 0.15) is 60.6 Å². The van der Waals surface area contributed by atoms with Crippen molar-refractivity contribution >= 4 is 12.0 Å². The Morgan fingerprint density at radius 2 is 1.66 bits per heavy atom. The van der Waals surface area contributed by atoms with Crippen LogP contribution in [0.2, 0.25) is 0 Å². The van der Waals surface area contributed by atoms with Gasteiger partial charge in [0.05, 0.1) is 0 Å². The van der Waals surface area contributed by atoms with Crippen molar-refractivity contribution in [3.05, 3.63) is 0 Å². The zero-order valence-electron chi connectivity index (χ0n) is 19.6. The fraction of sp³-hybridized carbons (Fsp3) is 0.909. The smallest absolute Gasteiger partial charge is 0.411 e. The zero-order valence-corrected chi connectivity index (χ0v) is 18.6. The lowest BCUT2D eigenvalue weighted by Gasteiger charge is -2.42. The van der Waals surface area contributed by atoms with E-state index >= 15 is 0 Å². The molecule has 2 saturated heterocycles. The molecule has 0 radical (unpaired) electrons. The highest BCUT2D eigenvalue weighted by Crippen LogP contribution is 2.25. The monoisotopic (exact) mass is 409 g/mol. The molecule has 3 rings (SSSR count). The third-order valence-corrected chi connectivity index (χ3v) is 6.54. The van der Waals surface area contributed by atoms with Crippen LogP contribution in [0.15, 0.2) is 0 Å². The van der Waals surface area contributed by atoms with Gasteiger partial charge in [-0.05, 0) is 66.6 Å². The molecular formula is C22H40N4O3. The first kappa shape index (κ1) is 20.9. The molecule has 1 saturated carbocycles. The van der Waals surface area contributed by atoms with Gasteiger partial charge in [0, 0.05) is 39.6 Å². The fourth-order valence-corrected chi connectivity index (χ4v) is 4.80. The van der Waals surface area contributed by atoms with Crippen molar-refractivity contribution in [2.75, 3.05) is 52.9 Å². The minimum absolute atomic E-state index is 0.00408. The van der Waals surface area contributed by atoms with Crippen LogP contribution < -0.4 is 0 Å². The van der Waals surface area contributed by atoms with Crippen LogP contribution in [-0.2, 0) is 9.53 Å². The lowest BCUT2D eigenvalue weighted by Crippen LogP contribution is -2.56. The lowest BCUT2D eigenvalue weighted by atomic mass is 10.0. The second-order valence-electron chi connectivity index (χ2n) is 9.65. The first-order valence-electron chi connectivity index (χ1n) is 12.0. The van der Waals surface area contributed by atoms with Crippen LogP contribution in [0.25, 0.3) is 0 Å². The Labute approximate surface area is 177 Å². The summed E-state index contributed by atoms with van der Waals surface area (Å²) < 4.78 is 13.2. The van der Waals surface area contributed by atoms with Crippen LogP contribution >= 0.6 is 0 Å². The molecule has 3 aliphatic rings. The van der Waals surface area contributed by atoms with Crippen LogP contribution in [-0.4, -0.2) is 102 Å². The van der Waals surface area contributed by atoms with Crippen LogP contribution in [0, 0.1) is 0 Å². The Morgan fingerprint density at radius 3 is 2.24 bits per heavy atom. The Kier molecular flexibility index (Phi) is 6.96. The summed E-state index contributed by atoms with van der Waals surface area (Å²) in [5.74, 6) is 0.0190. The Morgan fingerprint density at radius 1 is 1.03 bits per heavy atom. The van der Waals surface area contributed by atoms with Gasteiger partial charge in [0.1, 0.15) is 12.1 Å². The van der Waals surface area contributed by atoms with Crippen molar-refractivity contribution in [2.24, 2.45) is 0 Å². The lowest BCUT2D eigenvalue weighted by molar-refractivity contribution is -0.135. The number of rotatable bonds is 4. The SMILES string of the molecule is [2H]CC(C)(C)OC(=O)N(CC(=O)N1CCN(C2CCN(C)CC2)CC1)C1CCCC1. The average Bonchev–Trinajstić information content (AvgIpc) is 3.26. The zero-order chi connectivity index (χ0) is 21.7. The van der Waals surface area contributed by atoms with E-state index in [4.69, 9.17) is 6.11 Å². The van der Waals surface area contributed by atoms with E-state index in [2.05, 4.69) is 16.8 Å². The second kappa shape index (κ2) is 9.65. The van der Waals surface area contributed by atoms with E-state index < -0.39 is 11.7 Å². The molecule has 0 atom stereocenters. The van der Waals surface area contributed by atoms with Crippen LogP contribution in [0.4, 0.5) is 4.79 Å². The Bertz CT molecular complexity index is 581. The predicted molar refractivity (Wildman–Crippen MR) is 114 cm³/mol. The van der Waals surface area contributed by atoms with Gasteiger partial charge in [-0.15, -0.1) is 0 Å². The molecule has 3 fully saturated rings. The molecule has 2 heterocycles. The number of hydrogen-bond donors (Lipinski definition) is 0. The molecule has 0 unspecified atom stereocenters. The summed E-state index contributed by atoms with van der Waals surface area (Å²) in [5.41, 5.74) is -0.837. The number of piperazine rings is 1. The van der Waals surface area contributed by atoms with Gasteiger partial charge < -0.3 is 14.5 Å². The van der Waals surface area contributed by atoms with Gasteiger partial charge in [-0.2, -0.15) is 0 Å². The molecule has 2 amide bonds. The molecule has 1 aliphatic carbocycles. The third-order valence-electron chi connectivity index (χ3n) is 6.54. The van der Waals surface area contributed by atoms with Gasteiger partial charge in [0.25, 0.3) is 0 Å². The number of likely N-dealkylation sites (tertiary alicyclic amines) is 1. The highest BCUT2D eigenvalue weighted by Gasteiger charge is 2.34. The number of nitrogens with zero attached hydrogens (tertiary/aromatic N) is 4. The van der Waals surface area contributed by atoms with E-state index in [0.29, 0.717) is 6.04 Å². The molecule has 2 aliphatic heterocycles. The van der Waals surface area contributed by atoms with Crippen molar-refractivity contribution in [1.29, 1.82) is 0 Å². The summed E-state index contributed by atoms with van der Waals surface area (Å²) in [6.07, 6.45) is 5.98. The number of ether oxygens (including phenoxy) is 1. The van der Waals surface area contributed by atoms with Crippen molar-refractivity contribution in [3.63, 3.8) is 0 Å². The van der Waals surface area contributed by atoms with Gasteiger partial charge in [-0.25, -0.2) is 4.79 Å². The summed E-state index contributed by atoms with van der Waals surface area (Å²) in [5, 5.41) is 0. The summed E-state index contributed by atoms with van der Waals surface area (Å²) in [4.78, 5) is 34.4. The number of amides is 2. The summed E-state index contributed by atoms with van der Waals surface area (Å²) in [6.45, 7) is 9.18. The van der Waals surface area contributed by atoms with Crippen molar-refractivity contribution in [3.8, 4) is 0 Å². The van der Waals surface area contributed by atoms with Gasteiger partial charge >= 0.3 is 6.09 Å². The molecule has 29 heavy (non-hydrogen) atoms. The molecule has 0 bridgehead atoms. The molecule has 7 nitrogen and oxygen atoms in total. The van der Waals surface area contributed by atoms with Gasteiger partial charge in [0.15, 0.2) is 0 Å². The van der Waals surface area contributed by atoms with E-state index in [9.17, 15) is 9.59 Å². The summed E-state index contributed by atoms with van der Waals surface area (Å²) in [7, 11) is 2.18. The first-order valence-corrected chi connectivity index (χ1v) is 11.3. The number of carbonyl (C=O) groups excluding carboxylic acids is 2. The van der Waals surface area contributed by atoms with E-state index in [0.717, 1.165) is 65.0 Å². The fourth-order valence-electron chi connectivity index (χ4n) is 4.80. The Balaban J connectivity index is 1.53. The van der Waals surface area contributed by atoms with Crippen LogP contribution in [0.3, 0.4) is 0 Å². The van der Waals surface area contributed by atoms with E-state index in [1.807, 2.05) is 4.90 Å². The van der Waals surface area contributed by atoms with Gasteiger partial charge in [-0.3, -0.25) is 14.6 Å². The third kappa shape index (κ3) is 6.32. The molecule has 0 N–H and O–H groups in total. The van der Waals surface area contributed by atoms with Gasteiger partial charge in [0.2, 0.25) is 5.91 Å². The minimum Gasteiger partial charge on any atom is -0.444 e. The molecule has 0 aromatic heterocycles. The molecule has 7 heteroatoms. The largest absolute Gasteiger partial charge is 0.444 e. The normalized spacial score (nSPS) is 23.8. The van der Waals surface area contributed by atoms with E-state index in [1.165, 1.54) is 12.8 Å². The molecule has 0 aromatic rings. The number of piperidine rings is 1. The minimum atomic E-state index is -0.837. The second-order valence-corrected chi connectivity index (χ2v) is 9.65. The standard InChI is InChI=1S/C22H40N4O3/c1-22(2,3)29-21(28)26(19-7-5-6-8-19)17-20(27)25-15-13-24(14-16-25)18-9-11-23(4)12-10-18/h18-19H,5-17H2,1-4H3/i1D. The molecule has 0 spiro atoms. The molecule has 166 valence electrons. The number of hydrogen-bond acceptors (Lipinski definition) is 5. The van der Waals surface area contributed by atoms with Crippen molar-refractivity contribution in [1.82, 2.24) is 19.6 Å². The highest BCUT2D eigenvalue weighted by atomic mass is 16.6. The number of carbonyl (C=O) groups is 2. The maximum absolute atomic E-state index is 13.0. The quantitative estimate of drug-likeness (QED) is 0.714. The summed E-state index contributed by atoms with van der Waals surface area (Å²) in [6, 6.07) is 0.707. The maximum atomic E-state index is 13.0. The van der Waals surface area contributed by atoms with E-state index in [-0.39, 0.29) is 25.4 Å². The predicted octanol–water partition coefficient (Wildman–Crippen LogP) is 2.40. The highest BCUT2D eigenvalue weighted by molar-refractivity contribution is 5.82. The van der Waals surface area contributed by atoms with Crippen molar-refractivity contribution in [2.45, 2.75) is 77.0 Å². The Hall–Kier alpha value is -1.34. The van der Waals surface area contributed by atoms with E-state index in [1.54, 1.807) is 18.7 Å². The molecule has 0 aromatic carbocycles. The van der Waals surface area contributed by atoms with Crippen molar-refractivity contribution < 1.29 is 15.7 Å². The average molecular weight is 410 g/mol. The topological polar surface area (TPSA) is 56.3 Å².